The van der Waals surface area contributed by atoms with E-state index in [1.807, 2.05) is 48.7 Å². The third kappa shape index (κ3) is 1.97. The number of hydrogen-bond acceptors (Lipinski definition) is 1. The number of rotatable bonds is 1. The van der Waals surface area contributed by atoms with Crippen LogP contribution in [0.1, 0.15) is 22.7 Å². The smallest absolute Gasteiger partial charge is 0.128 e. The van der Waals surface area contributed by atoms with Crippen LogP contribution < -0.4 is 0 Å². The van der Waals surface area contributed by atoms with E-state index >= 15 is 0 Å². The van der Waals surface area contributed by atoms with Crippen LogP contribution in [0.2, 0.25) is 0 Å². The van der Waals surface area contributed by atoms with Crippen molar-refractivity contribution in [2.75, 3.05) is 0 Å². The summed E-state index contributed by atoms with van der Waals surface area (Å²) in [6.45, 7) is 0. The number of halogens is 1. The Balaban J connectivity index is 2.02. The van der Waals surface area contributed by atoms with Gasteiger partial charge in [-0.25, -0.2) is 4.39 Å². The molecule has 2 aromatic carbocycles. The Labute approximate surface area is 105 Å². The first-order chi connectivity index (χ1) is 8.84. The van der Waals surface area contributed by atoms with Crippen LogP contribution in [0.5, 0.6) is 0 Å². The summed E-state index contributed by atoms with van der Waals surface area (Å²) in [4.78, 5) is 4.44. The zero-order chi connectivity index (χ0) is 12.4. The fraction of sp³-hybridized carbons (Fsp3) is 0.0625. The van der Waals surface area contributed by atoms with Gasteiger partial charge in [-0.2, -0.15) is 0 Å². The van der Waals surface area contributed by atoms with Crippen LogP contribution in [0.4, 0.5) is 4.39 Å². The Morgan fingerprint density at radius 3 is 2.44 bits per heavy atom. The molecule has 3 rings (SSSR count). The van der Waals surface area contributed by atoms with Crippen molar-refractivity contribution in [2.45, 2.75) is 6.04 Å². The second-order valence-corrected chi connectivity index (χ2v) is 4.23. The van der Waals surface area contributed by atoms with Crippen LogP contribution in [0, 0.1) is 5.82 Å². The number of hydrogen-bond donors (Lipinski definition) is 0. The molecule has 0 aliphatic carbocycles. The van der Waals surface area contributed by atoms with Gasteiger partial charge in [0.1, 0.15) is 5.82 Å². The molecule has 0 aromatic heterocycles. The number of aliphatic imine (C=N–C) groups is 1. The van der Waals surface area contributed by atoms with E-state index < -0.39 is 0 Å². The first-order valence-electron chi connectivity index (χ1n) is 5.89. The molecule has 18 heavy (non-hydrogen) atoms. The molecule has 2 aromatic rings. The minimum atomic E-state index is -0.251. The molecule has 0 saturated heterocycles. The summed E-state index contributed by atoms with van der Waals surface area (Å²) in [5.41, 5.74) is 2.78. The summed E-state index contributed by atoms with van der Waals surface area (Å²) in [6, 6.07) is 14.5. The fourth-order valence-electron chi connectivity index (χ4n) is 2.08. The summed E-state index contributed by atoms with van der Waals surface area (Å²) >= 11 is 0. The van der Waals surface area contributed by atoms with Crippen LogP contribution in [-0.2, 0) is 0 Å². The molecule has 1 nitrogen and oxygen atoms in total. The molecule has 1 aliphatic heterocycles. The summed E-state index contributed by atoms with van der Waals surface area (Å²) in [6.07, 6.45) is 5.74. The fourth-order valence-corrected chi connectivity index (χ4v) is 2.08. The Morgan fingerprint density at radius 1 is 0.889 bits per heavy atom. The van der Waals surface area contributed by atoms with Gasteiger partial charge < -0.3 is 0 Å². The monoisotopic (exact) mass is 237 g/mol. The van der Waals surface area contributed by atoms with E-state index in [1.165, 1.54) is 6.07 Å². The Hall–Kier alpha value is -2.22. The zero-order valence-corrected chi connectivity index (χ0v) is 9.75. The molecule has 88 valence electrons. The highest BCUT2D eigenvalue weighted by atomic mass is 19.1. The first-order valence-corrected chi connectivity index (χ1v) is 5.89. The summed E-state index contributed by atoms with van der Waals surface area (Å²) in [5.74, 6) is -0.213. The van der Waals surface area contributed by atoms with E-state index in [1.54, 1.807) is 12.1 Å². The number of benzene rings is 2. The minimum absolute atomic E-state index is 0.213. The lowest BCUT2D eigenvalue weighted by molar-refractivity contribution is 0.603. The average Bonchev–Trinajstić information content (AvgIpc) is 2.62. The van der Waals surface area contributed by atoms with Gasteiger partial charge in [0.25, 0.3) is 0 Å². The van der Waals surface area contributed by atoms with Gasteiger partial charge in [-0.05, 0) is 17.2 Å². The number of nitrogens with zero attached hydrogens (tertiary/aromatic N) is 1. The highest BCUT2D eigenvalue weighted by Gasteiger charge is 2.12. The molecule has 2 heteroatoms. The molecule has 1 heterocycles. The van der Waals surface area contributed by atoms with E-state index in [0.717, 1.165) is 11.1 Å². The summed E-state index contributed by atoms with van der Waals surface area (Å²) in [7, 11) is 0. The maximum absolute atomic E-state index is 13.7. The van der Waals surface area contributed by atoms with Crippen molar-refractivity contribution in [3.63, 3.8) is 0 Å². The van der Waals surface area contributed by atoms with Crippen molar-refractivity contribution < 1.29 is 4.39 Å². The second kappa shape index (κ2) is 4.57. The van der Waals surface area contributed by atoms with Crippen molar-refractivity contribution in [1.82, 2.24) is 0 Å². The SMILES string of the molecule is Fc1ccccc1C1C=Cc2ccccc2C=N1. The summed E-state index contributed by atoms with van der Waals surface area (Å²) in [5, 5.41) is 0. The van der Waals surface area contributed by atoms with Gasteiger partial charge in [0.2, 0.25) is 0 Å². The lowest BCUT2D eigenvalue weighted by Gasteiger charge is -2.07. The molecule has 0 amide bonds. The maximum Gasteiger partial charge on any atom is 0.128 e. The predicted molar refractivity (Wildman–Crippen MR) is 72.2 cm³/mol. The maximum atomic E-state index is 13.7. The molecule has 0 bridgehead atoms. The zero-order valence-electron chi connectivity index (χ0n) is 9.75. The van der Waals surface area contributed by atoms with Crippen molar-refractivity contribution >= 4 is 12.3 Å². The van der Waals surface area contributed by atoms with E-state index in [4.69, 9.17) is 0 Å². The molecular formula is C16H12FN. The van der Waals surface area contributed by atoms with Gasteiger partial charge in [-0.3, -0.25) is 4.99 Å². The van der Waals surface area contributed by atoms with Gasteiger partial charge in [-0.1, -0.05) is 54.6 Å². The average molecular weight is 237 g/mol. The van der Waals surface area contributed by atoms with Crippen LogP contribution in [0.15, 0.2) is 59.6 Å². The second-order valence-electron chi connectivity index (χ2n) is 4.23. The van der Waals surface area contributed by atoms with E-state index in [-0.39, 0.29) is 11.9 Å². The Kier molecular flexibility index (Phi) is 2.77. The standard InChI is InChI=1S/C16H12FN/c17-15-8-4-3-7-14(15)16-10-9-12-5-1-2-6-13(12)11-18-16/h1-11,16H. The topological polar surface area (TPSA) is 12.4 Å². The summed E-state index contributed by atoms with van der Waals surface area (Å²) < 4.78 is 13.7. The van der Waals surface area contributed by atoms with Crippen molar-refractivity contribution in [3.8, 4) is 0 Å². The third-order valence-electron chi connectivity index (χ3n) is 3.05. The van der Waals surface area contributed by atoms with E-state index in [0.29, 0.717) is 5.56 Å². The molecule has 1 unspecified atom stereocenters. The lowest BCUT2D eigenvalue weighted by atomic mass is 10.1. The van der Waals surface area contributed by atoms with Crippen LogP contribution in [-0.4, -0.2) is 6.21 Å². The minimum Gasteiger partial charge on any atom is -0.280 e. The molecule has 0 N–H and O–H groups in total. The molecule has 1 aliphatic rings. The van der Waals surface area contributed by atoms with Crippen molar-refractivity contribution in [3.05, 3.63) is 77.1 Å². The van der Waals surface area contributed by atoms with Crippen molar-refractivity contribution in [2.24, 2.45) is 4.99 Å². The normalized spacial score (nSPS) is 17.3. The van der Waals surface area contributed by atoms with Gasteiger partial charge in [0.15, 0.2) is 0 Å². The predicted octanol–water partition coefficient (Wildman–Crippen LogP) is 4.01. The largest absolute Gasteiger partial charge is 0.280 e. The highest BCUT2D eigenvalue weighted by molar-refractivity contribution is 5.86. The molecular weight excluding hydrogens is 225 g/mol. The molecule has 0 saturated carbocycles. The van der Waals surface area contributed by atoms with Crippen molar-refractivity contribution in [1.29, 1.82) is 0 Å². The molecule has 1 atom stereocenters. The van der Waals surface area contributed by atoms with Gasteiger partial charge in [0.05, 0.1) is 6.04 Å². The Bertz CT molecular complexity index is 595. The lowest BCUT2D eigenvalue weighted by Crippen LogP contribution is -1.95. The van der Waals surface area contributed by atoms with Gasteiger partial charge >= 0.3 is 0 Å². The molecule has 0 fully saturated rings. The highest BCUT2D eigenvalue weighted by Crippen LogP contribution is 2.25. The van der Waals surface area contributed by atoms with Gasteiger partial charge in [0, 0.05) is 11.8 Å². The van der Waals surface area contributed by atoms with E-state index in [2.05, 4.69) is 4.99 Å². The van der Waals surface area contributed by atoms with Crippen LogP contribution >= 0.6 is 0 Å². The van der Waals surface area contributed by atoms with E-state index in [9.17, 15) is 4.39 Å². The Morgan fingerprint density at radius 2 is 1.61 bits per heavy atom. The first kappa shape index (κ1) is 10.9. The quantitative estimate of drug-likeness (QED) is 0.710. The number of fused-ring (bicyclic) bond motifs is 1. The van der Waals surface area contributed by atoms with Crippen LogP contribution in [0.3, 0.4) is 0 Å². The molecule has 0 spiro atoms. The molecule has 0 radical (unpaired) electrons. The van der Waals surface area contributed by atoms with Crippen LogP contribution in [0.25, 0.3) is 6.08 Å². The third-order valence-corrected chi connectivity index (χ3v) is 3.05. The van der Waals surface area contributed by atoms with Gasteiger partial charge in [-0.15, -0.1) is 0 Å².